The van der Waals surface area contributed by atoms with Gasteiger partial charge in [0.1, 0.15) is 5.69 Å². The smallest absolute Gasteiger partial charge is 0.247 e. The lowest BCUT2D eigenvalue weighted by molar-refractivity contribution is -0.126. The molecule has 1 fully saturated rings. The normalized spacial score (nSPS) is 16.7. The van der Waals surface area contributed by atoms with E-state index in [2.05, 4.69) is 20.3 Å². The monoisotopic (exact) mass is 377 g/mol. The van der Waals surface area contributed by atoms with Gasteiger partial charge in [-0.25, -0.2) is 9.97 Å². The quantitative estimate of drug-likeness (QED) is 0.679. The highest BCUT2D eigenvalue weighted by Crippen LogP contribution is 2.35. The number of anilines is 2. The number of aromatic nitrogens is 3. The van der Waals surface area contributed by atoms with Crippen LogP contribution in [0.3, 0.4) is 0 Å². The van der Waals surface area contributed by atoms with Crippen molar-refractivity contribution in [2.75, 3.05) is 11.9 Å². The Kier molecular flexibility index (Phi) is 5.20. The van der Waals surface area contributed by atoms with Gasteiger partial charge in [0.15, 0.2) is 10.9 Å². The molecule has 0 unspecified atom stereocenters. The maximum atomic E-state index is 12.8. The zero-order chi connectivity index (χ0) is 18.5. The van der Waals surface area contributed by atoms with Gasteiger partial charge in [-0.05, 0) is 24.5 Å². The molecular formula is C20H19N5OS. The molecule has 6 nitrogen and oxygen atoms in total. The van der Waals surface area contributed by atoms with Gasteiger partial charge < -0.3 is 10.2 Å². The fourth-order valence-corrected chi connectivity index (χ4v) is 3.75. The molecule has 0 bridgehead atoms. The van der Waals surface area contributed by atoms with E-state index in [1.54, 1.807) is 24.7 Å². The van der Waals surface area contributed by atoms with E-state index in [1.165, 1.54) is 11.3 Å². The van der Waals surface area contributed by atoms with Crippen LogP contribution >= 0.6 is 11.3 Å². The Morgan fingerprint density at radius 3 is 2.81 bits per heavy atom. The van der Waals surface area contributed by atoms with Crippen LogP contribution in [0, 0.1) is 0 Å². The van der Waals surface area contributed by atoms with E-state index < -0.39 is 0 Å². The Morgan fingerprint density at radius 2 is 2.00 bits per heavy atom. The lowest BCUT2D eigenvalue weighted by Crippen LogP contribution is -2.30. The second-order valence-corrected chi connectivity index (χ2v) is 7.08. The lowest BCUT2D eigenvalue weighted by atomic mass is 10.1. The maximum Gasteiger partial charge on any atom is 0.247 e. The van der Waals surface area contributed by atoms with E-state index >= 15 is 0 Å². The summed E-state index contributed by atoms with van der Waals surface area (Å²) >= 11 is 1.50. The number of hydrogen-bond acceptors (Lipinski definition) is 6. The first-order valence-electron chi connectivity index (χ1n) is 8.82. The molecule has 3 heterocycles. The number of likely N-dealkylation sites (tertiary alicyclic amines) is 1. The van der Waals surface area contributed by atoms with Crippen molar-refractivity contribution in [3.8, 4) is 0 Å². The number of thiazole rings is 1. The van der Waals surface area contributed by atoms with E-state index in [9.17, 15) is 4.79 Å². The molecule has 1 aliphatic rings. The van der Waals surface area contributed by atoms with Crippen molar-refractivity contribution in [2.24, 2.45) is 0 Å². The molecule has 0 aliphatic carbocycles. The summed E-state index contributed by atoms with van der Waals surface area (Å²) in [6.07, 6.45) is 10.4. The van der Waals surface area contributed by atoms with E-state index in [-0.39, 0.29) is 11.9 Å². The van der Waals surface area contributed by atoms with Crippen LogP contribution in [0.2, 0.25) is 0 Å². The Labute approximate surface area is 161 Å². The van der Waals surface area contributed by atoms with Crippen molar-refractivity contribution in [3.05, 3.63) is 71.6 Å². The van der Waals surface area contributed by atoms with Crippen LogP contribution in [0.15, 0.2) is 60.4 Å². The summed E-state index contributed by atoms with van der Waals surface area (Å²) in [7, 11) is 0. The largest absolute Gasteiger partial charge is 0.330 e. The SMILES string of the molecule is O=C(/C=C/c1ccccc1)N1CCC[C@@H]1c1nccnc1Nc1nccs1. The molecule has 0 spiro atoms. The number of nitrogens with one attached hydrogen (secondary N) is 1. The van der Waals surface area contributed by atoms with Crippen LogP contribution in [-0.2, 0) is 4.79 Å². The number of carbonyl (C=O) groups excluding carboxylic acids is 1. The van der Waals surface area contributed by atoms with E-state index in [4.69, 9.17) is 0 Å². The molecule has 0 saturated carbocycles. The van der Waals surface area contributed by atoms with Gasteiger partial charge in [-0.3, -0.25) is 9.78 Å². The Morgan fingerprint density at radius 1 is 1.15 bits per heavy atom. The summed E-state index contributed by atoms with van der Waals surface area (Å²) in [4.78, 5) is 27.9. The van der Waals surface area contributed by atoms with Gasteiger partial charge in [-0.2, -0.15) is 0 Å². The highest BCUT2D eigenvalue weighted by atomic mass is 32.1. The van der Waals surface area contributed by atoms with Crippen LogP contribution in [0.1, 0.15) is 30.1 Å². The zero-order valence-electron chi connectivity index (χ0n) is 14.7. The summed E-state index contributed by atoms with van der Waals surface area (Å²) in [5.74, 6) is 0.649. The molecule has 1 amide bonds. The van der Waals surface area contributed by atoms with Crippen molar-refractivity contribution < 1.29 is 4.79 Å². The highest BCUT2D eigenvalue weighted by Gasteiger charge is 2.32. The predicted octanol–water partition coefficient (Wildman–Crippen LogP) is 4.05. The van der Waals surface area contributed by atoms with Crippen LogP contribution in [-0.4, -0.2) is 32.3 Å². The molecule has 1 N–H and O–H groups in total. The number of hydrogen-bond donors (Lipinski definition) is 1. The Bertz CT molecular complexity index is 927. The molecule has 4 rings (SSSR count). The molecule has 0 radical (unpaired) electrons. The average molecular weight is 377 g/mol. The van der Waals surface area contributed by atoms with Gasteiger partial charge in [0, 0.05) is 36.6 Å². The van der Waals surface area contributed by atoms with E-state index in [0.29, 0.717) is 5.82 Å². The fourth-order valence-electron chi connectivity index (χ4n) is 3.22. The molecule has 1 atom stereocenters. The first-order chi connectivity index (χ1) is 13.3. The van der Waals surface area contributed by atoms with Gasteiger partial charge in [0.05, 0.1) is 6.04 Å². The molecule has 27 heavy (non-hydrogen) atoms. The molecule has 1 aliphatic heterocycles. The van der Waals surface area contributed by atoms with Crippen molar-refractivity contribution >= 4 is 34.3 Å². The third kappa shape index (κ3) is 4.03. The Hall–Kier alpha value is -3.06. The van der Waals surface area contributed by atoms with E-state index in [1.807, 2.05) is 46.7 Å². The van der Waals surface area contributed by atoms with E-state index in [0.717, 1.165) is 35.8 Å². The first kappa shape index (κ1) is 17.4. The van der Waals surface area contributed by atoms with Crippen molar-refractivity contribution in [1.82, 2.24) is 19.9 Å². The summed E-state index contributed by atoms with van der Waals surface area (Å²) in [6, 6.07) is 9.74. The second kappa shape index (κ2) is 8.09. The third-order valence-corrected chi connectivity index (χ3v) is 5.14. The van der Waals surface area contributed by atoms with Gasteiger partial charge in [0.25, 0.3) is 0 Å². The number of benzene rings is 1. The summed E-state index contributed by atoms with van der Waals surface area (Å²) in [5, 5.41) is 5.89. The molecule has 3 aromatic rings. The van der Waals surface area contributed by atoms with Gasteiger partial charge >= 0.3 is 0 Å². The molecule has 2 aromatic heterocycles. The minimum atomic E-state index is -0.0888. The van der Waals surface area contributed by atoms with Crippen LogP contribution in [0.5, 0.6) is 0 Å². The Balaban J connectivity index is 1.55. The lowest BCUT2D eigenvalue weighted by Gasteiger charge is -2.24. The van der Waals surface area contributed by atoms with Crippen molar-refractivity contribution in [3.63, 3.8) is 0 Å². The number of carbonyl (C=O) groups is 1. The number of rotatable bonds is 5. The highest BCUT2D eigenvalue weighted by molar-refractivity contribution is 7.13. The first-order valence-corrected chi connectivity index (χ1v) is 9.70. The maximum absolute atomic E-state index is 12.8. The van der Waals surface area contributed by atoms with Gasteiger partial charge in [-0.1, -0.05) is 30.3 Å². The van der Waals surface area contributed by atoms with Gasteiger partial charge in [0.2, 0.25) is 5.91 Å². The van der Waals surface area contributed by atoms with Gasteiger partial charge in [-0.15, -0.1) is 11.3 Å². The molecule has 7 heteroatoms. The van der Waals surface area contributed by atoms with Crippen LogP contribution in [0.4, 0.5) is 10.9 Å². The minimum absolute atomic E-state index is 0.00722. The standard InChI is InChI=1S/C20H19N5OS/c26-17(9-8-15-5-2-1-3-6-15)25-13-4-7-16(25)18-19(22-11-10-21-18)24-20-23-12-14-27-20/h1-3,5-6,8-12,14,16H,4,7,13H2,(H,22,23,24)/b9-8+/t16-/m1/s1. The molecule has 136 valence electrons. The fraction of sp³-hybridized carbons (Fsp3) is 0.200. The number of amides is 1. The molecule has 1 saturated heterocycles. The molecular weight excluding hydrogens is 358 g/mol. The predicted molar refractivity (Wildman–Crippen MR) is 107 cm³/mol. The average Bonchev–Trinajstić information content (AvgIpc) is 3.39. The minimum Gasteiger partial charge on any atom is -0.330 e. The summed E-state index contributed by atoms with van der Waals surface area (Å²) in [6.45, 7) is 0.718. The van der Waals surface area contributed by atoms with Crippen LogP contribution in [0.25, 0.3) is 6.08 Å². The van der Waals surface area contributed by atoms with Crippen LogP contribution < -0.4 is 5.32 Å². The topological polar surface area (TPSA) is 71.0 Å². The summed E-state index contributed by atoms with van der Waals surface area (Å²) < 4.78 is 0. The van der Waals surface area contributed by atoms with Crippen molar-refractivity contribution in [1.29, 1.82) is 0 Å². The number of nitrogens with zero attached hydrogens (tertiary/aromatic N) is 4. The second-order valence-electron chi connectivity index (χ2n) is 6.19. The summed E-state index contributed by atoms with van der Waals surface area (Å²) in [5.41, 5.74) is 1.79. The van der Waals surface area contributed by atoms with Crippen molar-refractivity contribution in [2.45, 2.75) is 18.9 Å². The third-order valence-electron chi connectivity index (χ3n) is 4.45. The zero-order valence-corrected chi connectivity index (χ0v) is 15.5. The molecule has 1 aromatic carbocycles.